The Balaban J connectivity index is 0.000000174. The number of rotatable bonds is 7. The maximum atomic E-state index is 12.7. The number of imidazole rings is 2. The minimum Gasteiger partial charge on any atom is -0.339 e. The first-order valence-corrected chi connectivity index (χ1v) is 18.1. The Labute approximate surface area is 329 Å². The predicted molar refractivity (Wildman–Crippen MR) is 209 cm³/mol. The van der Waals surface area contributed by atoms with Crippen LogP contribution in [0, 0.1) is 13.8 Å². The van der Waals surface area contributed by atoms with E-state index >= 15 is 0 Å². The van der Waals surface area contributed by atoms with Gasteiger partial charge in [0.2, 0.25) is 0 Å². The van der Waals surface area contributed by atoms with Crippen molar-refractivity contribution in [2.75, 3.05) is 10.6 Å². The van der Waals surface area contributed by atoms with E-state index in [1.54, 1.807) is 12.4 Å². The number of nitrogens with one attached hydrogen (secondary N) is 2. The fraction of sp³-hybridized carbons (Fsp3) is 0.150. The van der Waals surface area contributed by atoms with E-state index in [2.05, 4.69) is 69.5 Å². The van der Waals surface area contributed by atoms with Gasteiger partial charge in [-0.15, -0.1) is 0 Å². The number of halogens is 7. The largest absolute Gasteiger partial charge is 0.416 e. The molecule has 10 nitrogen and oxygen atoms in total. The van der Waals surface area contributed by atoms with Gasteiger partial charge >= 0.3 is 12.4 Å². The second kappa shape index (κ2) is 15.6. The normalized spacial score (nSPS) is 11.8. The van der Waals surface area contributed by atoms with Crippen molar-refractivity contribution in [1.29, 1.82) is 0 Å². The molecule has 0 aliphatic carbocycles. The highest BCUT2D eigenvalue weighted by molar-refractivity contribution is 9.10. The Morgan fingerprint density at radius 3 is 1.44 bits per heavy atom. The van der Waals surface area contributed by atoms with Crippen molar-refractivity contribution in [3.8, 4) is 11.6 Å². The summed E-state index contributed by atoms with van der Waals surface area (Å²) < 4.78 is 81.0. The van der Waals surface area contributed by atoms with Crippen molar-refractivity contribution in [3.63, 3.8) is 0 Å². The molecule has 8 aromatic rings. The van der Waals surface area contributed by atoms with Crippen LogP contribution in [-0.2, 0) is 18.8 Å². The molecule has 8 rings (SSSR count). The highest BCUT2D eigenvalue weighted by Gasteiger charge is 2.30. The molecule has 17 heteroatoms. The average molecular weight is 846 g/mol. The Morgan fingerprint density at radius 2 is 1.00 bits per heavy atom. The van der Waals surface area contributed by atoms with Gasteiger partial charge in [-0.1, -0.05) is 28.9 Å². The number of aromatic nitrogens is 8. The number of fused-ring (bicyclic) bond motifs is 2. The van der Waals surface area contributed by atoms with E-state index in [-0.39, 0.29) is 0 Å². The number of anilines is 4. The molecule has 57 heavy (non-hydrogen) atoms. The molecular formula is C40H31BrF6N10. The standard InChI is InChI=1S/C21H18F3N5.C19H13BrF3N5/c1-3-14-4-9-17-18(10-14)29(13(2)26-17)20-12-25-11-19(28-20)27-16-7-5-15(6-8-16)21(22,23)24;1-11-25-15-7-4-13(20)8-16(15)28(11)18-10-24-9-17(27-18)26-14-5-2-12(3-6-14)19(21,22)23/h4-12H,3H2,1-2H3,(H,27,28);2-10H,1H3,(H,26,27). The molecule has 4 aromatic heterocycles. The van der Waals surface area contributed by atoms with Crippen LogP contribution in [0.25, 0.3) is 33.7 Å². The van der Waals surface area contributed by atoms with Crippen LogP contribution < -0.4 is 10.6 Å². The van der Waals surface area contributed by atoms with Gasteiger partial charge in [0.1, 0.15) is 11.6 Å². The van der Waals surface area contributed by atoms with Crippen LogP contribution in [0.2, 0.25) is 0 Å². The molecular weight excluding hydrogens is 814 g/mol. The van der Waals surface area contributed by atoms with Crippen molar-refractivity contribution in [2.24, 2.45) is 0 Å². The Hall–Kier alpha value is -6.36. The van der Waals surface area contributed by atoms with E-state index in [1.165, 1.54) is 42.2 Å². The molecule has 0 bridgehead atoms. The zero-order chi connectivity index (χ0) is 40.5. The average Bonchev–Trinajstić information content (AvgIpc) is 3.68. The maximum Gasteiger partial charge on any atom is 0.416 e. The van der Waals surface area contributed by atoms with E-state index in [0.717, 1.165) is 68.9 Å². The van der Waals surface area contributed by atoms with Crippen LogP contribution >= 0.6 is 15.9 Å². The summed E-state index contributed by atoms with van der Waals surface area (Å²) in [5.41, 5.74) is 4.24. The zero-order valence-corrected chi connectivity index (χ0v) is 31.9. The molecule has 0 fully saturated rings. The molecule has 0 saturated heterocycles. The molecule has 0 aliphatic rings. The smallest absolute Gasteiger partial charge is 0.339 e. The second-order valence-electron chi connectivity index (χ2n) is 12.7. The summed E-state index contributed by atoms with van der Waals surface area (Å²) in [6.45, 7) is 5.85. The summed E-state index contributed by atoms with van der Waals surface area (Å²) in [6, 6.07) is 21.4. The molecule has 0 saturated carbocycles. The summed E-state index contributed by atoms with van der Waals surface area (Å²) in [5.74, 6) is 3.48. The van der Waals surface area contributed by atoms with Crippen LogP contribution in [-0.4, -0.2) is 39.0 Å². The summed E-state index contributed by atoms with van der Waals surface area (Å²) in [5, 5.41) is 5.98. The molecule has 0 atom stereocenters. The van der Waals surface area contributed by atoms with Crippen LogP contribution in [0.4, 0.5) is 49.4 Å². The summed E-state index contributed by atoms with van der Waals surface area (Å²) in [4.78, 5) is 26.6. The third-order valence-electron chi connectivity index (χ3n) is 8.75. The predicted octanol–water partition coefficient (Wildman–Crippen LogP) is 11.1. The number of hydrogen-bond donors (Lipinski definition) is 2. The lowest BCUT2D eigenvalue weighted by Crippen LogP contribution is -2.05. The number of benzene rings is 4. The quantitative estimate of drug-likeness (QED) is 0.153. The fourth-order valence-corrected chi connectivity index (χ4v) is 6.39. The van der Waals surface area contributed by atoms with E-state index in [4.69, 9.17) is 0 Å². The van der Waals surface area contributed by atoms with Crippen LogP contribution in [0.1, 0.15) is 35.3 Å². The highest BCUT2D eigenvalue weighted by Crippen LogP contribution is 2.32. The Kier molecular flexibility index (Phi) is 10.7. The molecule has 4 aromatic carbocycles. The van der Waals surface area contributed by atoms with Crippen LogP contribution in [0.15, 0.2) is 114 Å². The zero-order valence-electron chi connectivity index (χ0n) is 30.3. The van der Waals surface area contributed by atoms with Gasteiger partial charge in [0, 0.05) is 15.8 Å². The number of nitrogens with zero attached hydrogens (tertiary/aromatic N) is 8. The van der Waals surface area contributed by atoms with E-state index in [1.807, 2.05) is 53.3 Å². The number of alkyl halides is 6. The topological polar surface area (TPSA) is 111 Å². The molecule has 0 radical (unpaired) electrons. The minimum atomic E-state index is -4.37. The van der Waals surface area contributed by atoms with Crippen molar-refractivity contribution < 1.29 is 26.3 Å². The number of aryl methyl sites for hydroxylation is 3. The SMILES string of the molecule is CCc1ccc2nc(C)n(-c3cncc(Nc4ccc(C(F)(F)F)cc4)n3)c2c1.Cc1nc2ccc(Br)cc2n1-c1cncc(Nc2ccc(C(F)(F)F)cc2)n1. The molecule has 0 aliphatic heterocycles. The molecule has 2 N–H and O–H groups in total. The van der Waals surface area contributed by atoms with Gasteiger partial charge in [-0.25, -0.2) is 19.9 Å². The van der Waals surface area contributed by atoms with Crippen LogP contribution in [0.3, 0.4) is 0 Å². The first-order chi connectivity index (χ1) is 27.2. The van der Waals surface area contributed by atoms with Crippen LogP contribution in [0.5, 0.6) is 0 Å². The monoisotopic (exact) mass is 844 g/mol. The number of hydrogen-bond acceptors (Lipinski definition) is 8. The van der Waals surface area contributed by atoms with E-state index in [0.29, 0.717) is 34.6 Å². The summed E-state index contributed by atoms with van der Waals surface area (Å²) in [6.07, 6.45) is -1.57. The Bertz CT molecular complexity index is 2690. The van der Waals surface area contributed by atoms with Gasteiger partial charge in [-0.3, -0.25) is 19.1 Å². The highest BCUT2D eigenvalue weighted by atomic mass is 79.9. The van der Waals surface area contributed by atoms with Gasteiger partial charge in [-0.2, -0.15) is 26.3 Å². The summed E-state index contributed by atoms with van der Waals surface area (Å²) in [7, 11) is 0. The first kappa shape index (κ1) is 38.9. The van der Waals surface area contributed by atoms with E-state index < -0.39 is 23.5 Å². The second-order valence-corrected chi connectivity index (χ2v) is 13.6. The molecule has 290 valence electrons. The third kappa shape index (κ3) is 8.72. The molecule has 0 spiro atoms. The van der Waals surface area contributed by atoms with Gasteiger partial charge in [0.05, 0.1) is 58.0 Å². The first-order valence-electron chi connectivity index (χ1n) is 17.3. The lowest BCUT2D eigenvalue weighted by Gasteiger charge is -2.11. The lowest BCUT2D eigenvalue weighted by molar-refractivity contribution is -0.138. The molecule has 0 unspecified atom stereocenters. The third-order valence-corrected chi connectivity index (χ3v) is 9.24. The van der Waals surface area contributed by atoms with E-state index in [9.17, 15) is 26.3 Å². The maximum absolute atomic E-state index is 12.7. The molecule has 4 heterocycles. The van der Waals surface area contributed by atoms with Gasteiger partial charge in [0.15, 0.2) is 23.3 Å². The Morgan fingerprint density at radius 1 is 0.561 bits per heavy atom. The minimum absolute atomic E-state index is 0.411. The summed E-state index contributed by atoms with van der Waals surface area (Å²) >= 11 is 3.46. The fourth-order valence-electron chi connectivity index (χ4n) is 6.04. The van der Waals surface area contributed by atoms with Crippen molar-refractivity contribution in [1.82, 2.24) is 39.0 Å². The lowest BCUT2D eigenvalue weighted by atomic mass is 10.1. The van der Waals surface area contributed by atoms with Crippen molar-refractivity contribution >= 4 is 61.0 Å². The van der Waals surface area contributed by atoms with Gasteiger partial charge < -0.3 is 10.6 Å². The van der Waals surface area contributed by atoms with Crippen molar-refractivity contribution in [3.05, 3.63) is 143 Å². The van der Waals surface area contributed by atoms with Crippen molar-refractivity contribution in [2.45, 2.75) is 39.5 Å². The van der Waals surface area contributed by atoms with Gasteiger partial charge in [-0.05, 0) is 105 Å². The van der Waals surface area contributed by atoms with Gasteiger partial charge in [0.25, 0.3) is 0 Å². The molecule has 0 amide bonds.